The van der Waals surface area contributed by atoms with E-state index in [0.717, 1.165) is 24.5 Å². The van der Waals surface area contributed by atoms with E-state index in [1.165, 1.54) is 31.2 Å². The Labute approximate surface area is 104 Å². The molecule has 1 atom stereocenters. The molecule has 0 aliphatic heterocycles. The predicted molar refractivity (Wildman–Crippen MR) is 71.2 cm³/mol. The average molecular weight is 233 g/mol. The SMILES string of the molecule is COc1ccc(CCC(N)CC2CCC2)cc1. The minimum atomic E-state index is 0.377. The second-order valence-electron chi connectivity index (χ2n) is 5.18. The van der Waals surface area contributed by atoms with E-state index < -0.39 is 0 Å². The molecule has 1 fully saturated rings. The van der Waals surface area contributed by atoms with Crippen LogP contribution < -0.4 is 10.5 Å². The first kappa shape index (κ1) is 12.4. The van der Waals surface area contributed by atoms with Gasteiger partial charge in [0.25, 0.3) is 0 Å². The van der Waals surface area contributed by atoms with E-state index in [2.05, 4.69) is 12.1 Å². The molecule has 2 rings (SSSR count). The molecule has 2 heteroatoms. The lowest BCUT2D eigenvalue weighted by molar-refractivity contribution is 0.272. The zero-order valence-electron chi connectivity index (χ0n) is 10.7. The fourth-order valence-electron chi connectivity index (χ4n) is 2.42. The molecular weight excluding hydrogens is 210 g/mol. The van der Waals surface area contributed by atoms with Gasteiger partial charge in [-0.2, -0.15) is 0 Å². The number of aryl methyl sites for hydroxylation is 1. The van der Waals surface area contributed by atoms with E-state index in [4.69, 9.17) is 10.5 Å². The van der Waals surface area contributed by atoms with Gasteiger partial charge in [0.15, 0.2) is 0 Å². The second kappa shape index (κ2) is 6.06. The Bertz CT molecular complexity index is 329. The van der Waals surface area contributed by atoms with Crippen molar-refractivity contribution in [2.75, 3.05) is 7.11 Å². The van der Waals surface area contributed by atoms with Gasteiger partial charge in [-0.15, -0.1) is 0 Å². The quantitative estimate of drug-likeness (QED) is 0.819. The maximum Gasteiger partial charge on any atom is 0.118 e. The standard InChI is InChI=1S/C15H23NO/c1-17-15-9-6-12(7-10-15)5-8-14(16)11-13-3-2-4-13/h6-7,9-10,13-14H,2-5,8,11,16H2,1H3. The van der Waals surface area contributed by atoms with Crippen LogP contribution in [0.15, 0.2) is 24.3 Å². The molecule has 1 unspecified atom stereocenters. The summed E-state index contributed by atoms with van der Waals surface area (Å²) >= 11 is 0. The third kappa shape index (κ3) is 3.74. The summed E-state index contributed by atoms with van der Waals surface area (Å²) in [7, 11) is 1.70. The van der Waals surface area contributed by atoms with Crippen LogP contribution in [0.25, 0.3) is 0 Å². The molecule has 1 aliphatic rings. The number of hydrogen-bond acceptors (Lipinski definition) is 2. The minimum Gasteiger partial charge on any atom is -0.497 e. The van der Waals surface area contributed by atoms with Crippen molar-refractivity contribution in [3.63, 3.8) is 0 Å². The summed E-state index contributed by atoms with van der Waals surface area (Å²) in [5.41, 5.74) is 7.52. The zero-order valence-corrected chi connectivity index (χ0v) is 10.7. The van der Waals surface area contributed by atoms with Crippen LogP contribution in [0, 0.1) is 5.92 Å². The summed E-state index contributed by atoms with van der Waals surface area (Å²) in [4.78, 5) is 0. The van der Waals surface area contributed by atoms with Gasteiger partial charge in [0.05, 0.1) is 7.11 Å². The zero-order chi connectivity index (χ0) is 12.1. The summed E-state index contributed by atoms with van der Waals surface area (Å²) < 4.78 is 5.14. The molecule has 94 valence electrons. The maximum atomic E-state index is 6.16. The number of benzene rings is 1. The Morgan fingerprint density at radius 2 is 2.00 bits per heavy atom. The smallest absolute Gasteiger partial charge is 0.118 e. The van der Waals surface area contributed by atoms with Crippen molar-refractivity contribution in [2.24, 2.45) is 11.7 Å². The first-order chi connectivity index (χ1) is 8.28. The van der Waals surface area contributed by atoms with Crippen molar-refractivity contribution in [3.8, 4) is 5.75 Å². The highest BCUT2D eigenvalue weighted by molar-refractivity contribution is 5.27. The summed E-state index contributed by atoms with van der Waals surface area (Å²) in [5, 5.41) is 0. The average Bonchev–Trinajstić information content (AvgIpc) is 2.32. The summed E-state index contributed by atoms with van der Waals surface area (Å²) in [6.07, 6.45) is 7.61. The van der Waals surface area contributed by atoms with E-state index in [0.29, 0.717) is 6.04 Å². The van der Waals surface area contributed by atoms with Gasteiger partial charge in [0, 0.05) is 6.04 Å². The van der Waals surface area contributed by atoms with Crippen molar-refractivity contribution in [1.82, 2.24) is 0 Å². The Morgan fingerprint density at radius 3 is 2.53 bits per heavy atom. The molecule has 1 aromatic rings. The van der Waals surface area contributed by atoms with Gasteiger partial charge in [0.1, 0.15) is 5.75 Å². The molecule has 2 nitrogen and oxygen atoms in total. The molecule has 0 radical (unpaired) electrons. The topological polar surface area (TPSA) is 35.2 Å². The van der Waals surface area contributed by atoms with Gasteiger partial charge in [-0.3, -0.25) is 0 Å². The van der Waals surface area contributed by atoms with Gasteiger partial charge in [-0.1, -0.05) is 31.4 Å². The van der Waals surface area contributed by atoms with Crippen molar-refractivity contribution in [1.29, 1.82) is 0 Å². The largest absolute Gasteiger partial charge is 0.497 e. The van der Waals surface area contributed by atoms with Gasteiger partial charge < -0.3 is 10.5 Å². The van der Waals surface area contributed by atoms with E-state index in [1.54, 1.807) is 7.11 Å². The summed E-state index contributed by atoms with van der Waals surface area (Å²) in [6, 6.07) is 8.69. The van der Waals surface area contributed by atoms with Crippen molar-refractivity contribution in [2.45, 2.75) is 44.6 Å². The lowest BCUT2D eigenvalue weighted by Crippen LogP contribution is -2.27. The normalized spacial score (nSPS) is 17.5. The van der Waals surface area contributed by atoms with Crippen LogP contribution in [0.2, 0.25) is 0 Å². The highest BCUT2D eigenvalue weighted by Crippen LogP contribution is 2.30. The minimum absolute atomic E-state index is 0.377. The highest BCUT2D eigenvalue weighted by Gasteiger charge is 2.19. The third-order valence-corrected chi connectivity index (χ3v) is 3.82. The van der Waals surface area contributed by atoms with Crippen LogP contribution in [0.3, 0.4) is 0 Å². The van der Waals surface area contributed by atoms with Crippen LogP contribution in [-0.2, 0) is 6.42 Å². The van der Waals surface area contributed by atoms with E-state index in [-0.39, 0.29) is 0 Å². The number of rotatable bonds is 6. The summed E-state index contributed by atoms with van der Waals surface area (Å²) in [5.74, 6) is 1.84. The maximum absolute atomic E-state index is 6.16. The molecule has 0 bridgehead atoms. The molecule has 0 spiro atoms. The molecule has 0 heterocycles. The fraction of sp³-hybridized carbons (Fsp3) is 0.600. The molecule has 1 saturated carbocycles. The van der Waals surface area contributed by atoms with Crippen LogP contribution in [0.4, 0.5) is 0 Å². The van der Waals surface area contributed by atoms with Crippen molar-refractivity contribution < 1.29 is 4.74 Å². The molecule has 0 amide bonds. The van der Waals surface area contributed by atoms with Gasteiger partial charge in [-0.25, -0.2) is 0 Å². The van der Waals surface area contributed by atoms with Crippen molar-refractivity contribution in [3.05, 3.63) is 29.8 Å². The monoisotopic (exact) mass is 233 g/mol. The third-order valence-electron chi connectivity index (χ3n) is 3.82. The fourth-order valence-corrected chi connectivity index (χ4v) is 2.42. The van der Waals surface area contributed by atoms with Gasteiger partial charge in [-0.05, 0) is 42.9 Å². The molecule has 2 N–H and O–H groups in total. The lowest BCUT2D eigenvalue weighted by atomic mass is 9.80. The second-order valence-corrected chi connectivity index (χ2v) is 5.18. The Hall–Kier alpha value is -1.02. The van der Waals surface area contributed by atoms with E-state index in [9.17, 15) is 0 Å². The van der Waals surface area contributed by atoms with Crippen LogP contribution in [0.5, 0.6) is 5.75 Å². The molecule has 1 aliphatic carbocycles. The van der Waals surface area contributed by atoms with Gasteiger partial charge >= 0.3 is 0 Å². The molecular formula is C15H23NO. The first-order valence-corrected chi connectivity index (χ1v) is 6.66. The van der Waals surface area contributed by atoms with E-state index in [1.807, 2.05) is 12.1 Å². The van der Waals surface area contributed by atoms with Crippen LogP contribution in [0.1, 0.15) is 37.7 Å². The highest BCUT2D eigenvalue weighted by atomic mass is 16.5. The molecule has 0 aromatic heterocycles. The van der Waals surface area contributed by atoms with Crippen LogP contribution in [-0.4, -0.2) is 13.2 Å². The molecule has 0 saturated heterocycles. The Balaban J connectivity index is 1.72. The number of methoxy groups -OCH3 is 1. The molecule has 17 heavy (non-hydrogen) atoms. The lowest BCUT2D eigenvalue weighted by Gasteiger charge is -2.28. The number of nitrogens with two attached hydrogens (primary N) is 1. The Morgan fingerprint density at radius 1 is 1.29 bits per heavy atom. The van der Waals surface area contributed by atoms with Crippen LogP contribution >= 0.6 is 0 Å². The molecule has 1 aromatic carbocycles. The van der Waals surface area contributed by atoms with Gasteiger partial charge in [0.2, 0.25) is 0 Å². The number of hydrogen-bond donors (Lipinski definition) is 1. The summed E-state index contributed by atoms with van der Waals surface area (Å²) in [6.45, 7) is 0. The first-order valence-electron chi connectivity index (χ1n) is 6.66. The predicted octanol–water partition coefficient (Wildman–Crippen LogP) is 3.15. The van der Waals surface area contributed by atoms with Crippen molar-refractivity contribution >= 4 is 0 Å². The Kier molecular flexibility index (Phi) is 4.43. The number of ether oxygens (including phenoxy) is 1. The van der Waals surface area contributed by atoms with E-state index >= 15 is 0 Å².